The molecule has 106 valence electrons. The maximum Gasteiger partial charge on any atom is 0.242 e. The Kier molecular flexibility index (Phi) is 6.63. The molecule has 2 amide bonds. The Balaban J connectivity index is 0.00000289. The van der Waals surface area contributed by atoms with Crippen molar-refractivity contribution in [3.05, 3.63) is 0 Å². The van der Waals surface area contributed by atoms with Crippen LogP contribution in [0.15, 0.2) is 0 Å². The normalized spacial score (nSPS) is 17.1. The number of amides is 2. The van der Waals surface area contributed by atoms with Gasteiger partial charge in [-0.2, -0.15) is 0 Å². The summed E-state index contributed by atoms with van der Waals surface area (Å²) in [6.07, 6.45) is 0. The monoisotopic (exact) mass is 277 g/mol. The van der Waals surface area contributed by atoms with Gasteiger partial charge < -0.3 is 16.0 Å². The van der Waals surface area contributed by atoms with Crippen molar-refractivity contribution in [3.8, 4) is 0 Å². The van der Waals surface area contributed by atoms with Crippen LogP contribution in [-0.2, 0) is 9.59 Å². The minimum absolute atomic E-state index is 0. The first kappa shape index (κ1) is 17.2. The van der Waals surface area contributed by atoms with Crippen LogP contribution >= 0.6 is 12.4 Å². The molecule has 18 heavy (non-hydrogen) atoms. The highest BCUT2D eigenvalue weighted by molar-refractivity contribution is 5.89. The lowest BCUT2D eigenvalue weighted by atomic mass is 9.95. The third-order valence-electron chi connectivity index (χ3n) is 2.85. The van der Waals surface area contributed by atoms with E-state index in [-0.39, 0.29) is 24.2 Å². The summed E-state index contributed by atoms with van der Waals surface area (Å²) in [5, 5.41) is 8.71. The largest absolute Gasteiger partial charge is 0.354 e. The second-order valence-corrected chi connectivity index (χ2v) is 5.71. The molecule has 1 aliphatic heterocycles. The van der Waals surface area contributed by atoms with Crippen LogP contribution in [0.25, 0.3) is 0 Å². The molecule has 0 saturated carbocycles. The van der Waals surface area contributed by atoms with Crippen molar-refractivity contribution in [2.45, 2.75) is 33.7 Å². The molecule has 0 bridgehead atoms. The maximum absolute atomic E-state index is 11.7. The first-order chi connectivity index (χ1) is 7.80. The number of carbonyl (C=O) groups is 2. The zero-order valence-corrected chi connectivity index (χ0v) is 12.3. The van der Waals surface area contributed by atoms with Gasteiger partial charge in [0, 0.05) is 31.0 Å². The first-order valence-electron chi connectivity index (χ1n) is 6.10. The molecule has 1 heterocycles. The highest BCUT2D eigenvalue weighted by Gasteiger charge is 2.25. The Morgan fingerprint density at radius 2 is 1.89 bits per heavy atom. The molecule has 0 radical (unpaired) electrons. The molecular weight excluding hydrogens is 254 g/mol. The lowest BCUT2D eigenvalue weighted by Crippen LogP contribution is -2.52. The number of rotatable bonds is 4. The molecule has 1 rings (SSSR count). The minimum atomic E-state index is -0.477. The molecule has 0 aromatic carbocycles. The van der Waals surface area contributed by atoms with Gasteiger partial charge in [-0.15, -0.1) is 12.4 Å². The standard InChI is InChI=1S/C12H23N3O2.ClH/c1-8(15-11(17)12(2,3)4)10(16)14-7-9-5-13-6-9;/h8-9,13H,5-7H2,1-4H3,(H,14,16)(H,15,17);1H. The third-order valence-corrected chi connectivity index (χ3v) is 2.85. The molecule has 0 aliphatic carbocycles. The first-order valence-corrected chi connectivity index (χ1v) is 6.10. The second-order valence-electron chi connectivity index (χ2n) is 5.71. The molecule has 1 aliphatic rings. The zero-order valence-electron chi connectivity index (χ0n) is 11.5. The minimum Gasteiger partial charge on any atom is -0.354 e. The smallest absolute Gasteiger partial charge is 0.242 e. The van der Waals surface area contributed by atoms with E-state index in [1.807, 2.05) is 20.8 Å². The summed E-state index contributed by atoms with van der Waals surface area (Å²) in [5.41, 5.74) is -0.466. The van der Waals surface area contributed by atoms with Crippen LogP contribution in [0.3, 0.4) is 0 Å². The summed E-state index contributed by atoms with van der Waals surface area (Å²) in [7, 11) is 0. The van der Waals surface area contributed by atoms with Gasteiger partial charge in [0.25, 0.3) is 0 Å². The van der Waals surface area contributed by atoms with Crippen molar-refractivity contribution in [1.29, 1.82) is 0 Å². The predicted octanol–water partition coefficient (Wildman–Crippen LogP) is 0.295. The van der Waals surface area contributed by atoms with E-state index in [0.29, 0.717) is 12.5 Å². The highest BCUT2D eigenvalue weighted by Crippen LogP contribution is 2.12. The van der Waals surface area contributed by atoms with E-state index < -0.39 is 11.5 Å². The summed E-state index contributed by atoms with van der Waals surface area (Å²) < 4.78 is 0. The number of halogens is 1. The van der Waals surface area contributed by atoms with Gasteiger partial charge >= 0.3 is 0 Å². The van der Waals surface area contributed by atoms with Crippen LogP contribution in [-0.4, -0.2) is 37.5 Å². The fourth-order valence-electron chi connectivity index (χ4n) is 1.37. The van der Waals surface area contributed by atoms with Crippen molar-refractivity contribution in [3.63, 3.8) is 0 Å². The van der Waals surface area contributed by atoms with Crippen LogP contribution in [0.1, 0.15) is 27.7 Å². The van der Waals surface area contributed by atoms with E-state index >= 15 is 0 Å². The molecule has 1 atom stereocenters. The van der Waals surface area contributed by atoms with E-state index in [2.05, 4.69) is 16.0 Å². The molecule has 1 saturated heterocycles. The summed E-state index contributed by atoms with van der Waals surface area (Å²) in [6.45, 7) is 9.79. The molecule has 0 aromatic rings. The molecule has 5 nitrogen and oxygen atoms in total. The van der Waals surface area contributed by atoms with E-state index in [4.69, 9.17) is 0 Å². The van der Waals surface area contributed by atoms with E-state index in [1.165, 1.54) is 0 Å². The maximum atomic E-state index is 11.7. The van der Waals surface area contributed by atoms with Gasteiger partial charge in [0.2, 0.25) is 11.8 Å². The van der Waals surface area contributed by atoms with Crippen LogP contribution in [0.5, 0.6) is 0 Å². The van der Waals surface area contributed by atoms with Crippen molar-refractivity contribution in [2.24, 2.45) is 11.3 Å². The van der Waals surface area contributed by atoms with Gasteiger partial charge in [-0.3, -0.25) is 9.59 Å². The average molecular weight is 278 g/mol. The summed E-state index contributed by atoms with van der Waals surface area (Å²) in [6, 6.07) is -0.477. The van der Waals surface area contributed by atoms with Gasteiger partial charge in [-0.1, -0.05) is 20.8 Å². The predicted molar refractivity (Wildman–Crippen MR) is 73.7 cm³/mol. The van der Waals surface area contributed by atoms with Crippen LogP contribution in [0, 0.1) is 11.3 Å². The Hall–Kier alpha value is -0.810. The highest BCUT2D eigenvalue weighted by atomic mass is 35.5. The quantitative estimate of drug-likeness (QED) is 0.692. The van der Waals surface area contributed by atoms with Crippen LogP contribution in [0.2, 0.25) is 0 Å². The molecule has 1 fully saturated rings. The third kappa shape index (κ3) is 5.23. The van der Waals surface area contributed by atoms with Gasteiger partial charge in [0.1, 0.15) is 6.04 Å². The van der Waals surface area contributed by atoms with Crippen molar-refractivity contribution >= 4 is 24.2 Å². The van der Waals surface area contributed by atoms with Crippen molar-refractivity contribution < 1.29 is 9.59 Å². The number of hydrogen-bond acceptors (Lipinski definition) is 3. The second kappa shape index (κ2) is 6.95. The zero-order chi connectivity index (χ0) is 13.1. The van der Waals surface area contributed by atoms with Crippen molar-refractivity contribution in [2.75, 3.05) is 19.6 Å². The van der Waals surface area contributed by atoms with Crippen LogP contribution < -0.4 is 16.0 Å². The lowest BCUT2D eigenvalue weighted by molar-refractivity contribution is -0.133. The van der Waals surface area contributed by atoms with E-state index in [0.717, 1.165) is 13.1 Å². The molecule has 6 heteroatoms. The van der Waals surface area contributed by atoms with Gasteiger partial charge in [0.15, 0.2) is 0 Å². The molecule has 0 spiro atoms. The van der Waals surface area contributed by atoms with Gasteiger partial charge in [-0.25, -0.2) is 0 Å². The van der Waals surface area contributed by atoms with Crippen molar-refractivity contribution in [1.82, 2.24) is 16.0 Å². The summed E-state index contributed by atoms with van der Waals surface area (Å²) >= 11 is 0. The number of nitrogens with one attached hydrogen (secondary N) is 3. The fourth-order valence-corrected chi connectivity index (χ4v) is 1.37. The average Bonchev–Trinajstić information content (AvgIpc) is 2.13. The Morgan fingerprint density at radius 3 is 2.28 bits per heavy atom. The molecule has 0 aromatic heterocycles. The fraction of sp³-hybridized carbons (Fsp3) is 0.833. The lowest BCUT2D eigenvalue weighted by Gasteiger charge is -2.28. The SMILES string of the molecule is CC(NC(=O)C(C)(C)C)C(=O)NCC1CNC1.Cl. The van der Waals surface area contributed by atoms with E-state index in [9.17, 15) is 9.59 Å². The topological polar surface area (TPSA) is 70.2 Å². The Morgan fingerprint density at radius 1 is 1.33 bits per heavy atom. The number of hydrogen-bond donors (Lipinski definition) is 3. The summed E-state index contributed by atoms with van der Waals surface area (Å²) in [5.74, 6) is 0.310. The van der Waals surface area contributed by atoms with Gasteiger partial charge in [0.05, 0.1) is 0 Å². The summed E-state index contributed by atoms with van der Waals surface area (Å²) in [4.78, 5) is 23.4. The number of carbonyl (C=O) groups excluding carboxylic acids is 2. The van der Waals surface area contributed by atoms with Gasteiger partial charge in [-0.05, 0) is 6.92 Å². The van der Waals surface area contributed by atoms with Crippen LogP contribution in [0.4, 0.5) is 0 Å². The Bertz CT molecular complexity index is 298. The Labute approximate surface area is 115 Å². The molecular formula is C12H24ClN3O2. The molecule has 1 unspecified atom stereocenters. The molecule has 3 N–H and O–H groups in total. The van der Waals surface area contributed by atoms with E-state index in [1.54, 1.807) is 6.92 Å².